The zero-order valence-corrected chi connectivity index (χ0v) is 16.3. The van der Waals surface area contributed by atoms with Crippen LogP contribution in [0.5, 0.6) is 11.5 Å². The van der Waals surface area contributed by atoms with Gasteiger partial charge in [0.2, 0.25) is 0 Å². The van der Waals surface area contributed by atoms with E-state index in [1.54, 1.807) is 48.5 Å². The maximum absolute atomic E-state index is 12.2. The number of hydrazone groups is 1. The summed E-state index contributed by atoms with van der Waals surface area (Å²) < 4.78 is 10.4. The normalized spacial score (nSPS) is 10.5. The van der Waals surface area contributed by atoms with Gasteiger partial charge in [0.15, 0.2) is 0 Å². The predicted molar refractivity (Wildman–Crippen MR) is 113 cm³/mol. The van der Waals surface area contributed by atoms with Crippen molar-refractivity contribution in [1.29, 1.82) is 0 Å². The number of hydrogen-bond acceptors (Lipinski definition) is 7. The molecule has 0 atom stereocenters. The third kappa shape index (κ3) is 5.73. The Morgan fingerprint density at radius 1 is 0.968 bits per heavy atom. The largest absolute Gasteiger partial charge is 0.497 e. The number of nitro benzene ring substituents is 1. The van der Waals surface area contributed by atoms with Gasteiger partial charge in [-0.15, -0.1) is 0 Å². The van der Waals surface area contributed by atoms with Crippen molar-refractivity contribution in [3.05, 3.63) is 99.6 Å². The van der Waals surface area contributed by atoms with Crippen LogP contribution >= 0.6 is 0 Å². The van der Waals surface area contributed by atoms with Crippen LogP contribution in [0.15, 0.2) is 77.9 Å². The van der Waals surface area contributed by atoms with Crippen LogP contribution in [-0.2, 0) is 0 Å². The van der Waals surface area contributed by atoms with Crippen LogP contribution in [0.3, 0.4) is 0 Å². The molecular weight excluding hydrogens is 402 g/mol. The molecule has 0 saturated carbocycles. The lowest BCUT2D eigenvalue weighted by Gasteiger charge is -2.05. The molecule has 0 spiro atoms. The van der Waals surface area contributed by atoms with Crippen LogP contribution in [0.1, 0.15) is 26.3 Å². The van der Waals surface area contributed by atoms with E-state index < -0.39 is 16.8 Å². The number of nitro groups is 1. The number of carbonyl (C=O) groups excluding carboxylic acids is 2. The summed E-state index contributed by atoms with van der Waals surface area (Å²) in [6.45, 7) is 0. The molecule has 0 fully saturated rings. The number of non-ortho nitro benzene ring substituents is 1. The Morgan fingerprint density at radius 3 is 2.29 bits per heavy atom. The molecule has 3 aromatic carbocycles. The minimum absolute atomic E-state index is 0.118. The van der Waals surface area contributed by atoms with Gasteiger partial charge in [-0.1, -0.05) is 6.07 Å². The van der Waals surface area contributed by atoms with E-state index in [4.69, 9.17) is 9.47 Å². The third-order valence-electron chi connectivity index (χ3n) is 4.12. The highest BCUT2D eigenvalue weighted by Crippen LogP contribution is 2.16. The topological polar surface area (TPSA) is 120 Å². The van der Waals surface area contributed by atoms with Crippen LogP contribution in [-0.4, -0.2) is 30.1 Å². The van der Waals surface area contributed by atoms with Crippen LogP contribution in [0.4, 0.5) is 5.69 Å². The molecule has 0 unspecified atom stereocenters. The number of nitrogens with one attached hydrogen (secondary N) is 1. The number of rotatable bonds is 7. The van der Waals surface area contributed by atoms with Crippen molar-refractivity contribution in [3.8, 4) is 11.5 Å². The molecular formula is C22H17N3O6. The second-order valence-electron chi connectivity index (χ2n) is 6.19. The molecule has 0 aliphatic rings. The van der Waals surface area contributed by atoms with Crippen LogP contribution in [0.25, 0.3) is 0 Å². The van der Waals surface area contributed by atoms with Gasteiger partial charge in [0.1, 0.15) is 11.5 Å². The lowest BCUT2D eigenvalue weighted by atomic mass is 10.2. The Balaban J connectivity index is 1.56. The molecule has 0 aliphatic heterocycles. The Kier molecular flexibility index (Phi) is 6.69. The molecule has 9 heteroatoms. The van der Waals surface area contributed by atoms with E-state index in [0.717, 1.165) is 6.07 Å². The highest BCUT2D eigenvalue weighted by molar-refractivity contribution is 5.95. The molecule has 1 N–H and O–H groups in total. The molecule has 0 radical (unpaired) electrons. The smallest absolute Gasteiger partial charge is 0.343 e. The van der Waals surface area contributed by atoms with Gasteiger partial charge in [0, 0.05) is 17.7 Å². The van der Waals surface area contributed by atoms with Gasteiger partial charge in [-0.05, 0) is 60.2 Å². The van der Waals surface area contributed by atoms with E-state index in [-0.39, 0.29) is 11.3 Å². The number of amides is 1. The van der Waals surface area contributed by atoms with E-state index in [0.29, 0.717) is 22.6 Å². The van der Waals surface area contributed by atoms with Gasteiger partial charge in [-0.25, -0.2) is 10.2 Å². The van der Waals surface area contributed by atoms with Gasteiger partial charge in [0.25, 0.3) is 11.6 Å². The summed E-state index contributed by atoms with van der Waals surface area (Å²) >= 11 is 0. The van der Waals surface area contributed by atoms with Crippen molar-refractivity contribution in [2.75, 3.05) is 7.11 Å². The second kappa shape index (κ2) is 9.79. The molecule has 3 aromatic rings. The molecule has 9 nitrogen and oxygen atoms in total. The first-order valence-corrected chi connectivity index (χ1v) is 9.00. The highest BCUT2D eigenvalue weighted by atomic mass is 16.6. The fourth-order valence-corrected chi connectivity index (χ4v) is 2.51. The van der Waals surface area contributed by atoms with E-state index in [1.165, 1.54) is 31.5 Å². The van der Waals surface area contributed by atoms with Crippen molar-refractivity contribution in [2.45, 2.75) is 0 Å². The number of carbonyl (C=O) groups is 2. The molecule has 0 aliphatic carbocycles. The number of esters is 1. The Bertz CT molecular complexity index is 1120. The number of methoxy groups -OCH3 is 1. The summed E-state index contributed by atoms with van der Waals surface area (Å²) in [5.74, 6) is -0.102. The molecule has 1 amide bonds. The summed E-state index contributed by atoms with van der Waals surface area (Å²) in [5, 5.41) is 14.6. The molecule has 3 rings (SSSR count). The average molecular weight is 419 g/mol. The van der Waals surface area contributed by atoms with Crippen molar-refractivity contribution in [3.63, 3.8) is 0 Å². The Morgan fingerprint density at radius 2 is 1.65 bits per heavy atom. The van der Waals surface area contributed by atoms with E-state index in [9.17, 15) is 19.7 Å². The molecule has 156 valence electrons. The van der Waals surface area contributed by atoms with Crippen molar-refractivity contribution in [1.82, 2.24) is 5.43 Å². The second-order valence-corrected chi connectivity index (χ2v) is 6.19. The first-order chi connectivity index (χ1) is 15.0. The standard InChI is InChI=1S/C22H17N3O6/c1-30-19-11-7-16(8-12-19)22(27)31-20-9-5-15(6-10-20)14-23-24-21(26)17-3-2-4-18(13-17)25(28)29/h2-14H,1H3,(H,24,26)/b23-14-. The van der Waals surface area contributed by atoms with Crippen molar-refractivity contribution in [2.24, 2.45) is 5.10 Å². The van der Waals surface area contributed by atoms with Gasteiger partial charge in [-0.2, -0.15) is 5.10 Å². The summed E-state index contributed by atoms with van der Waals surface area (Å²) in [4.78, 5) is 34.4. The summed E-state index contributed by atoms with van der Waals surface area (Å²) in [7, 11) is 1.54. The molecule has 0 aromatic heterocycles. The number of ether oxygens (including phenoxy) is 2. The molecule has 31 heavy (non-hydrogen) atoms. The first kappa shape index (κ1) is 21.2. The monoisotopic (exact) mass is 419 g/mol. The van der Waals surface area contributed by atoms with E-state index in [2.05, 4.69) is 10.5 Å². The molecule has 0 heterocycles. The van der Waals surface area contributed by atoms with Gasteiger partial charge in [-0.3, -0.25) is 14.9 Å². The number of nitrogens with zero attached hydrogens (tertiary/aromatic N) is 2. The predicted octanol–water partition coefficient (Wildman–Crippen LogP) is 3.59. The van der Waals surface area contributed by atoms with Gasteiger partial charge >= 0.3 is 5.97 Å². The van der Waals surface area contributed by atoms with Gasteiger partial charge < -0.3 is 9.47 Å². The third-order valence-corrected chi connectivity index (χ3v) is 4.12. The Labute approximate surface area is 177 Å². The lowest BCUT2D eigenvalue weighted by Crippen LogP contribution is -2.17. The summed E-state index contributed by atoms with van der Waals surface area (Å²) in [5.41, 5.74) is 3.26. The summed E-state index contributed by atoms with van der Waals surface area (Å²) in [6, 6.07) is 18.3. The van der Waals surface area contributed by atoms with E-state index >= 15 is 0 Å². The van der Waals surface area contributed by atoms with E-state index in [1.807, 2.05) is 0 Å². The van der Waals surface area contributed by atoms with Crippen LogP contribution in [0, 0.1) is 10.1 Å². The maximum atomic E-state index is 12.2. The fraction of sp³-hybridized carbons (Fsp3) is 0.0455. The minimum Gasteiger partial charge on any atom is -0.497 e. The molecule has 0 bridgehead atoms. The van der Waals surface area contributed by atoms with Crippen LogP contribution in [0.2, 0.25) is 0 Å². The minimum atomic E-state index is -0.580. The van der Waals surface area contributed by atoms with Crippen molar-refractivity contribution >= 4 is 23.8 Å². The van der Waals surface area contributed by atoms with Crippen LogP contribution < -0.4 is 14.9 Å². The highest BCUT2D eigenvalue weighted by Gasteiger charge is 2.11. The lowest BCUT2D eigenvalue weighted by molar-refractivity contribution is -0.384. The quantitative estimate of drug-likeness (QED) is 0.205. The first-order valence-electron chi connectivity index (χ1n) is 9.00. The average Bonchev–Trinajstić information content (AvgIpc) is 2.80. The molecule has 0 saturated heterocycles. The number of hydrogen-bond donors (Lipinski definition) is 1. The SMILES string of the molecule is COc1ccc(C(=O)Oc2ccc(/C=N\NC(=O)c3cccc([N+](=O)[O-])c3)cc2)cc1. The maximum Gasteiger partial charge on any atom is 0.343 e. The fourth-order valence-electron chi connectivity index (χ4n) is 2.51. The zero-order chi connectivity index (χ0) is 22.2. The Hall–Kier alpha value is -4.53. The zero-order valence-electron chi connectivity index (χ0n) is 16.3. The number of benzene rings is 3. The van der Waals surface area contributed by atoms with Gasteiger partial charge in [0.05, 0.1) is 23.8 Å². The van der Waals surface area contributed by atoms with Crippen molar-refractivity contribution < 1.29 is 24.0 Å². The summed E-state index contributed by atoms with van der Waals surface area (Å²) in [6.07, 6.45) is 1.39.